The highest BCUT2D eigenvalue weighted by Gasteiger charge is 2.49. The Kier molecular flexibility index (Phi) is 7.55. The topological polar surface area (TPSA) is 75.8 Å². The van der Waals surface area contributed by atoms with E-state index < -0.39 is 11.6 Å². The van der Waals surface area contributed by atoms with Gasteiger partial charge in [0.1, 0.15) is 24.4 Å². The smallest absolute Gasteiger partial charge is 0.341 e. The van der Waals surface area contributed by atoms with Gasteiger partial charge in [0, 0.05) is 0 Å². The summed E-state index contributed by atoms with van der Waals surface area (Å²) in [6.07, 6.45) is 6.84. The SMILES string of the molecule is CO\C=C(C(=O)OC)/C(C)=C\C=C\c1ccc2c(c1)OC(C)(C)C(OC[C@H]1OC1(C)C)CO2. The molecule has 0 amide bonds. The Morgan fingerprint density at radius 2 is 1.88 bits per heavy atom. The van der Waals surface area contributed by atoms with E-state index in [2.05, 4.69) is 13.8 Å². The van der Waals surface area contributed by atoms with E-state index in [0.29, 0.717) is 30.3 Å². The summed E-state index contributed by atoms with van der Waals surface area (Å²) in [5.41, 5.74) is 1.31. The zero-order valence-electron chi connectivity index (χ0n) is 20.5. The molecule has 0 aliphatic carbocycles. The van der Waals surface area contributed by atoms with E-state index in [4.69, 9.17) is 28.4 Å². The van der Waals surface area contributed by atoms with Gasteiger partial charge in [-0.05, 0) is 57.9 Å². The number of carbonyl (C=O) groups excluding carboxylic acids is 1. The number of allylic oxidation sites excluding steroid dienone is 2. The summed E-state index contributed by atoms with van der Waals surface area (Å²) in [5.74, 6) is 0.883. The molecular formula is C26H34O7. The Balaban J connectivity index is 1.69. The summed E-state index contributed by atoms with van der Waals surface area (Å²) in [7, 11) is 2.83. The fourth-order valence-corrected chi connectivity index (χ4v) is 3.49. The first kappa shape index (κ1) is 24.9. The van der Waals surface area contributed by atoms with Crippen LogP contribution in [0.15, 0.2) is 47.8 Å². The number of hydrogen-bond donors (Lipinski definition) is 0. The van der Waals surface area contributed by atoms with Crippen LogP contribution in [0.3, 0.4) is 0 Å². The Morgan fingerprint density at radius 3 is 2.52 bits per heavy atom. The third-order valence-electron chi connectivity index (χ3n) is 5.82. The van der Waals surface area contributed by atoms with Crippen molar-refractivity contribution in [3.8, 4) is 11.5 Å². The van der Waals surface area contributed by atoms with Gasteiger partial charge in [0.15, 0.2) is 11.5 Å². The van der Waals surface area contributed by atoms with E-state index in [-0.39, 0.29) is 17.8 Å². The second kappa shape index (κ2) is 10.0. The highest BCUT2D eigenvalue weighted by atomic mass is 16.6. The molecule has 2 aliphatic heterocycles. The van der Waals surface area contributed by atoms with Crippen molar-refractivity contribution in [1.29, 1.82) is 0 Å². The van der Waals surface area contributed by atoms with Crippen LogP contribution in [-0.2, 0) is 23.7 Å². The van der Waals surface area contributed by atoms with Gasteiger partial charge in [-0.3, -0.25) is 0 Å². The summed E-state index contributed by atoms with van der Waals surface area (Å²) in [6, 6.07) is 5.77. The molecule has 1 unspecified atom stereocenters. The average Bonchev–Trinajstić information content (AvgIpc) is 3.40. The fraction of sp³-hybridized carbons (Fsp3) is 0.500. The van der Waals surface area contributed by atoms with Gasteiger partial charge >= 0.3 is 5.97 Å². The van der Waals surface area contributed by atoms with E-state index in [9.17, 15) is 4.79 Å². The minimum atomic E-state index is -0.580. The third-order valence-corrected chi connectivity index (χ3v) is 5.82. The largest absolute Gasteiger partial charge is 0.503 e. The van der Waals surface area contributed by atoms with E-state index in [1.54, 1.807) is 0 Å². The lowest BCUT2D eigenvalue weighted by molar-refractivity contribution is -0.135. The highest BCUT2D eigenvalue weighted by molar-refractivity contribution is 5.93. The maximum atomic E-state index is 11.9. The molecule has 0 radical (unpaired) electrons. The summed E-state index contributed by atoms with van der Waals surface area (Å²) < 4.78 is 33.8. The molecule has 7 nitrogen and oxygen atoms in total. The van der Waals surface area contributed by atoms with Crippen molar-refractivity contribution in [3.05, 3.63) is 53.3 Å². The molecule has 2 atom stereocenters. The third kappa shape index (κ3) is 6.18. The van der Waals surface area contributed by atoms with Crippen molar-refractivity contribution in [2.45, 2.75) is 58.0 Å². The number of benzene rings is 1. The molecule has 1 aromatic carbocycles. The Labute approximate surface area is 195 Å². The summed E-state index contributed by atoms with van der Waals surface area (Å²) in [5, 5.41) is 0. The molecule has 1 aromatic rings. The van der Waals surface area contributed by atoms with Crippen molar-refractivity contribution in [2.75, 3.05) is 27.4 Å². The van der Waals surface area contributed by atoms with Crippen LogP contribution in [-0.4, -0.2) is 56.8 Å². The van der Waals surface area contributed by atoms with Crippen molar-refractivity contribution < 1.29 is 33.2 Å². The molecule has 33 heavy (non-hydrogen) atoms. The van der Waals surface area contributed by atoms with Crippen molar-refractivity contribution >= 4 is 12.0 Å². The van der Waals surface area contributed by atoms with Crippen LogP contribution in [0, 0.1) is 0 Å². The van der Waals surface area contributed by atoms with Gasteiger partial charge in [-0.15, -0.1) is 0 Å². The van der Waals surface area contributed by atoms with Gasteiger partial charge in [-0.2, -0.15) is 0 Å². The Bertz CT molecular complexity index is 955. The maximum Gasteiger partial charge on any atom is 0.341 e. The molecule has 1 saturated heterocycles. The van der Waals surface area contributed by atoms with Gasteiger partial charge in [0.25, 0.3) is 0 Å². The molecule has 1 fully saturated rings. The molecule has 0 N–H and O–H groups in total. The molecule has 2 heterocycles. The summed E-state index contributed by atoms with van der Waals surface area (Å²) in [4.78, 5) is 11.9. The zero-order chi connectivity index (χ0) is 24.2. The van der Waals surface area contributed by atoms with Gasteiger partial charge < -0.3 is 28.4 Å². The van der Waals surface area contributed by atoms with Gasteiger partial charge in [0.05, 0.1) is 38.3 Å². The monoisotopic (exact) mass is 458 g/mol. The quantitative estimate of drug-likeness (QED) is 0.187. The summed E-state index contributed by atoms with van der Waals surface area (Å²) in [6.45, 7) is 10.8. The van der Waals surface area contributed by atoms with Crippen LogP contribution in [0.4, 0.5) is 0 Å². The van der Waals surface area contributed by atoms with Crippen LogP contribution >= 0.6 is 0 Å². The lowest BCUT2D eigenvalue weighted by atomic mass is 10.0. The number of esters is 1. The average molecular weight is 459 g/mol. The molecule has 0 aromatic heterocycles. The van der Waals surface area contributed by atoms with Crippen LogP contribution in [0.1, 0.15) is 40.2 Å². The fourth-order valence-electron chi connectivity index (χ4n) is 3.49. The lowest BCUT2D eigenvalue weighted by Crippen LogP contribution is -2.46. The number of ether oxygens (including phenoxy) is 6. The molecule has 7 heteroatoms. The standard InChI is InChI=1S/C26H34O7/c1-17(19(14-28-6)24(27)29-7)9-8-10-18-11-12-20-21(13-18)32-25(2,3)22(15-30-20)31-16-23-26(4,5)33-23/h8-14,22-23H,15-16H2,1-7H3/b10-8+,17-9-,19-14+/t22?,23-/m1/s1. The molecule has 3 rings (SSSR count). The van der Waals surface area contributed by atoms with E-state index in [1.165, 1.54) is 20.5 Å². The molecular weight excluding hydrogens is 424 g/mol. The lowest BCUT2D eigenvalue weighted by Gasteiger charge is -2.31. The first-order chi connectivity index (χ1) is 15.6. The van der Waals surface area contributed by atoms with Gasteiger partial charge in [0.2, 0.25) is 0 Å². The van der Waals surface area contributed by atoms with E-state index in [0.717, 1.165) is 11.1 Å². The molecule has 0 spiro atoms. The first-order valence-corrected chi connectivity index (χ1v) is 11.0. The van der Waals surface area contributed by atoms with Crippen LogP contribution in [0.2, 0.25) is 0 Å². The second-order valence-corrected chi connectivity index (χ2v) is 9.22. The summed E-state index contributed by atoms with van der Waals surface area (Å²) >= 11 is 0. The molecule has 2 aliphatic rings. The minimum absolute atomic E-state index is 0.102. The number of rotatable bonds is 8. The number of carbonyl (C=O) groups is 1. The van der Waals surface area contributed by atoms with Crippen LogP contribution in [0.5, 0.6) is 11.5 Å². The van der Waals surface area contributed by atoms with Crippen LogP contribution in [0.25, 0.3) is 6.08 Å². The van der Waals surface area contributed by atoms with E-state index >= 15 is 0 Å². The number of methoxy groups -OCH3 is 2. The molecule has 0 bridgehead atoms. The normalized spacial score (nSPS) is 23.7. The van der Waals surface area contributed by atoms with Crippen LogP contribution < -0.4 is 9.47 Å². The first-order valence-electron chi connectivity index (χ1n) is 11.0. The van der Waals surface area contributed by atoms with Crippen molar-refractivity contribution in [3.63, 3.8) is 0 Å². The van der Waals surface area contributed by atoms with Gasteiger partial charge in [-0.1, -0.05) is 24.3 Å². The van der Waals surface area contributed by atoms with Gasteiger partial charge in [-0.25, -0.2) is 4.79 Å². The number of hydrogen-bond acceptors (Lipinski definition) is 7. The minimum Gasteiger partial charge on any atom is -0.503 e. The molecule has 180 valence electrons. The predicted molar refractivity (Wildman–Crippen MR) is 125 cm³/mol. The predicted octanol–water partition coefficient (Wildman–Crippen LogP) is 4.46. The van der Waals surface area contributed by atoms with Crippen molar-refractivity contribution in [2.24, 2.45) is 0 Å². The Morgan fingerprint density at radius 1 is 1.15 bits per heavy atom. The van der Waals surface area contributed by atoms with E-state index in [1.807, 2.05) is 57.2 Å². The number of epoxide rings is 1. The second-order valence-electron chi connectivity index (χ2n) is 9.22. The van der Waals surface area contributed by atoms with Crippen molar-refractivity contribution in [1.82, 2.24) is 0 Å². The molecule has 0 saturated carbocycles. The maximum absolute atomic E-state index is 11.9. The Hall–Kier alpha value is -2.77. The zero-order valence-corrected chi connectivity index (χ0v) is 20.5. The number of fused-ring (bicyclic) bond motifs is 1. The highest BCUT2D eigenvalue weighted by Crippen LogP contribution is 2.39.